The number of thioether (sulfide) groups is 1. The van der Waals surface area contributed by atoms with E-state index in [1.807, 2.05) is 66.7 Å². The molecule has 0 aliphatic heterocycles. The van der Waals surface area contributed by atoms with Crippen LogP contribution in [0.3, 0.4) is 0 Å². The second-order valence-electron chi connectivity index (χ2n) is 8.22. The number of esters is 1. The molecule has 178 valence electrons. The van der Waals surface area contributed by atoms with Crippen molar-refractivity contribution in [1.29, 1.82) is 0 Å². The zero-order valence-electron chi connectivity index (χ0n) is 19.9. The molecule has 1 heterocycles. The lowest BCUT2D eigenvalue weighted by molar-refractivity contribution is -0.144. The molecule has 1 amide bonds. The van der Waals surface area contributed by atoms with Gasteiger partial charge in [-0.3, -0.25) is 9.59 Å². The van der Waals surface area contributed by atoms with E-state index in [1.54, 1.807) is 4.68 Å². The van der Waals surface area contributed by atoms with Gasteiger partial charge in [-0.15, -0.1) is 11.8 Å². The Bertz CT molecular complexity index is 1330. The van der Waals surface area contributed by atoms with Gasteiger partial charge in [-0.25, -0.2) is 4.68 Å². The van der Waals surface area contributed by atoms with Gasteiger partial charge >= 0.3 is 5.97 Å². The topological polar surface area (TPSA) is 73.2 Å². The number of carbonyl (C=O) groups is 2. The first-order valence-electron chi connectivity index (χ1n) is 11.3. The van der Waals surface area contributed by atoms with Crippen LogP contribution in [-0.4, -0.2) is 34.0 Å². The van der Waals surface area contributed by atoms with Gasteiger partial charge in [0.15, 0.2) is 6.61 Å². The Morgan fingerprint density at radius 1 is 0.886 bits per heavy atom. The lowest BCUT2D eigenvalue weighted by atomic mass is 9.99. The second-order valence-corrected chi connectivity index (χ2v) is 9.27. The maximum absolute atomic E-state index is 12.6. The number of nitrogens with zero attached hydrogens (tertiary/aromatic N) is 2. The van der Waals surface area contributed by atoms with E-state index in [1.165, 1.54) is 22.9 Å². The summed E-state index contributed by atoms with van der Waals surface area (Å²) in [4.78, 5) is 25.7. The first-order valence-corrected chi connectivity index (χ1v) is 12.3. The Labute approximate surface area is 209 Å². The number of anilines is 1. The van der Waals surface area contributed by atoms with E-state index < -0.39 is 11.9 Å². The van der Waals surface area contributed by atoms with Crippen molar-refractivity contribution in [2.45, 2.75) is 25.7 Å². The summed E-state index contributed by atoms with van der Waals surface area (Å²) in [6.07, 6.45) is 0. The number of aromatic nitrogens is 2. The maximum Gasteiger partial charge on any atom is 0.316 e. The van der Waals surface area contributed by atoms with Gasteiger partial charge < -0.3 is 10.1 Å². The van der Waals surface area contributed by atoms with Crippen LogP contribution in [0.2, 0.25) is 0 Å². The summed E-state index contributed by atoms with van der Waals surface area (Å²) >= 11 is 1.37. The monoisotopic (exact) mass is 485 g/mol. The maximum atomic E-state index is 12.6. The molecule has 0 unspecified atom stereocenters. The van der Waals surface area contributed by atoms with Crippen LogP contribution < -0.4 is 5.32 Å². The number of hydrogen-bond acceptors (Lipinski definition) is 5. The van der Waals surface area contributed by atoms with E-state index in [4.69, 9.17) is 9.84 Å². The molecule has 0 saturated heterocycles. The van der Waals surface area contributed by atoms with Crippen LogP contribution in [0.1, 0.15) is 16.7 Å². The number of carbonyl (C=O) groups excluding carboxylic acids is 2. The number of benzene rings is 3. The zero-order chi connectivity index (χ0) is 24.8. The summed E-state index contributed by atoms with van der Waals surface area (Å²) in [5, 5.41) is 7.64. The van der Waals surface area contributed by atoms with E-state index in [-0.39, 0.29) is 12.4 Å². The first kappa shape index (κ1) is 24.3. The van der Waals surface area contributed by atoms with Gasteiger partial charge in [-0.05, 0) is 67.8 Å². The highest BCUT2D eigenvalue weighted by Gasteiger charge is 2.17. The van der Waals surface area contributed by atoms with Gasteiger partial charge in [0.1, 0.15) is 5.82 Å². The molecule has 1 N–H and O–H groups in total. The minimum absolute atomic E-state index is 0.134. The third-order valence-corrected chi connectivity index (χ3v) is 6.54. The Kier molecular flexibility index (Phi) is 7.67. The molecule has 4 aromatic rings. The van der Waals surface area contributed by atoms with E-state index in [0.717, 1.165) is 27.4 Å². The molecule has 35 heavy (non-hydrogen) atoms. The predicted molar refractivity (Wildman–Crippen MR) is 140 cm³/mol. The quantitative estimate of drug-likeness (QED) is 0.255. The fourth-order valence-electron chi connectivity index (χ4n) is 3.63. The summed E-state index contributed by atoms with van der Waals surface area (Å²) in [6, 6.07) is 25.2. The predicted octanol–water partition coefficient (Wildman–Crippen LogP) is 5.74. The molecular formula is C28H27N3O3S. The van der Waals surface area contributed by atoms with E-state index in [2.05, 4.69) is 38.2 Å². The minimum Gasteiger partial charge on any atom is -0.455 e. The number of hydrogen-bond donors (Lipinski definition) is 1. The van der Waals surface area contributed by atoms with Gasteiger partial charge in [0.25, 0.3) is 5.91 Å². The molecule has 0 radical (unpaired) electrons. The lowest BCUT2D eigenvalue weighted by Gasteiger charge is -2.09. The van der Waals surface area contributed by atoms with Crippen molar-refractivity contribution in [2.75, 3.05) is 17.7 Å². The second kappa shape index (κ2) is 11.1. The average Bonchev–Trinajstić information content (AvgIpc) is 3.28. The highest BCUT2D eigenvalue weighted by molar-refractivity contribution is 8.00. The first-order chi connectivity index (χ1) is 16.9. The molecule has 0 fully saturated rings. The summed E-state index contributed by atoms with van der Waals surface area (Å²) < 4.78 is 6.87. The fourth-order valence-corrected chi connectivity index (χ4v) is 4.35. The zero-order valence-corrected chi connectivity index (χ0v) is 20.8. The van der Waals surface area contributed by atoms with Gasteiger partial charge in [-0.1, -0.05) is 42.5 Å². The van der Waals surface area contributed by atoms with Crippen LogP contribution in [0.5, 0.6) is 0 Å². The highest BCUT2D eigenvalue weighted by Crippen LogP contribution is 2.29. The number of para-hydroxylation sites is 1. The molecule has 0 aliphatic carbocycles. The smallest absolute Gasteiger partial charge is 0.316 e. The number of ether oxygens (including phenoxy) is 1. The van der Waals surface area contributed by atoms with Gasteiger partial charge in [0, 0.05) is 16.5 Å². The molecule has 4 rings (SSSR count). The molecule has 3 aromatic carbocycles. The van der Waals surface area contributed by atoms with Crippen molar-refractivity contribution in [3.8, 4) is 16.9 Å². The van der Waals surface area contributed by atoms with Crippen LogP contribution in [0.15, 0.2) is 83.8 Å². The van der Waals surface area contributed by atoms with Crippen molar-refractivity contribution < 1.29 is 14.3 Å². The summed E-state index contributed by atoms with van der Waals surface area (Å²) in [6.45, 7) is 5.83. The van der Waals surface area contributed by atoms with Gasteiger partial charge in [-0.2, -0.15) is 5.10 Å². The standard InChI is InChI=1S/C28H27N3O3S/c1-19-14-21(3)24(15-20(19)2)25-16-26(31(30-25)22-10-6-4-7-11-22)29-27(32)17-34-28(33)18-35-23-12-8-5-9-13-23/h4-16H,17-18H2,1-3H3,(H,29,32). The van der Waals surface area contributed by atoms with Crippen molar-refractivity contribution in [2.24, 2.45) is 0 Å². The molecule has 0 saturated carbocycles. The largest absolute Gasteiger partial charge is 0.455 e. The molecule has 0 spiro atoms. The number of rotatable bonds is 8. The number of nitrogens with one attached hydrogen (secondary N) is 1. The summed E-state index contributed by atoms with van der Waals surface area (Å²) in [5.74, 6) is -0.237. The number of aryl methyl sites for hydroxylation is 3. The Hall–Kier alpha value is -3.84. The van der Waals surface area contributed by atoms with Crippen molar-refractivity contribution in [3.05, 3.63) is 95.6 Å². The van der Waals surface area contributed by atoms with Crippen molar-refractivity contribution in [3.63, 3.8) is 0 Å². The van der Waals surface area contributed by atoms with E-state index in [9.17, 15) is 9.59 Å². The molecule has 0 aliphatic rings. The van der Waals surface area contributed by atoms with Gasteiger partial charge in [0.2, 0.25) is 0 Å². The third-order valence-electron chi connectivity index (χ3n) is 5.56. The van der Waals surface area contributed by atoms with Crippen LogP contribution in [-0.2, 0) is 14.3 Å². The Morgan fingerprint density at radius 3 is 2.26 bits per heavy atom. The van der Waals surface area contributed by atoms with Crippen LogP contribution in [0, 0.1) is 20.8 Å². The number of amides is 1. The van der Waals surface area contributed by atoms with Gasteiger partial charge in [0.05, 0.1) is 17.1 Å². The Balaban J connectivity index is 1.48. The summed E-state index contributed by atoms with van der Waals surface area (Å²) in [5.41, 5.74) is 6.06. The molecule has 1 aromatic heterocycles. The lowest BCUT2D eigenvalue weighted by Crippen LogP contribution is -2.23. The summed E-state index contributed by atoms with van der Waals surface area (Å²) in [7, 11) is 0. The van der Waals surface area contributed by atoms with Crippen molar-refractivity contribution >= 4 is 29.5 Å². The molecule has 6 nitrogen and oxygen atoms in total. The normalized spacial score (nSPS) is 10.7. The van der Waals surface area contributed by atoms with Crippen LogP contribution >= 0.6 is 11.8 Å². The molecular weight excluding hydrogens is 458 g/mol. The highest BCUT2D eigenvalue weighted by atomic mass is 32.2. The molecule has 7 heteroatoms. The van der Waals surface area contributed by atoms with E-state index >= 15 is 0 Å². The minimum atomic E-state index is -0.447. The Morgan fingerprint density at radius 2 is 1.54 bits per heavy atom. The fraction of sp³-hybridized carbons (Fsp3) is 0.179. The van der Waals surface area contributed by atoms with Crippen LogP contribution in [0.4, 0.5) is 5.82 Å². The molecule has 0 atom stereocenters. The molecule has 0 bridgehead atoms. The average molecular weight is 486 g/mol. The third kappa shape index (κ3) is 6.19. The SMILES string of the molecule is Cc1cc(C)c(-c2cc(NC(=O)COC(=O)CSc3ccccc3)n(-c3ccccc3)n2)cc1C. The van der Waals surface area contributed by atoms with E-state index in [0.29, 0.717) is 5.82 Å². The van der Waals surface area contributed by atoms with Crippen molar-refractivity contribution in [1.82, 2.24) is 9.78 Å². The van der Waals surface area contributed by atoms with Crippen LogP contribution in [0.25, 0.3) is 16.9 Å².